The summed E-state index contributed by atoms with van der Waals surface area (Å²) < 4.78 is 7.18. The second-order valence-electron chi connectivity index (χ2n) is 12.4. The number of rotatable bonds is 24. The first-order chi connectivity index (χ1) is 22.2. The van der Waals surface area contributed by atoms with E-state index in [1.54, 1.807) is 0 Å². The molecule has 45 heavy (non-hydrogen) atoms. The van der Waals surface area contributed by atoms with Gasteiger partial charge in [0.2, 0.25) is 0 Å². The van der Waals surface area contributed by atoms with Crippen LogP contribution in [0.3, 0.4) is 0 Å². The molecule has 0 bridgehead atoms. The molecule has 0 saturated heterocycles. The van der Waals surface area contributed by atoms with E-state index in [4.69, 9.17) is 4.74 Å². The van der Waals surface area contributed by atoms with Gasteiger partial charge >= 0.3 is 0 Å². The first kappa shape index (κ1) is 36.9. The molecule has 3 aromatic rings. The van der Waals surface area contributed by atoms with Gasteiger partial charge in [-0.25, -0.2) is 0 Å². The predicted molar refractivity (Wildman–Crippen MR) is 199 cm³/mol. The van der Waals surface area contributed by atoms with E-state index in [0.29, 0.717) is 11.9 Å². The summed E-state index contributed by atoms with van der Waals surface area (Å²) in [6, 6.07) is 32.2. The van der Waals surface area contributed by atoms with E-state index >= 15 is 0 Å². The Morgan fingerprint density at radius 3 is 1.58 bits per heavy atom. The Balaban J connectivity index is 1.46. The van der Waals surface area contributed by atoms with E-state index in [-0.39, 0.29) is 0 Å². The molecular weight excluding hydrogens is 567 g/mol. The van der Waals surface area contributed by atoms with Crippen LogP contribution in [-0.2, 0) is 10.3 Å². The molecule has 1 atom stereocenters. The molecule has 0 aliphatic carbocycles. The summed E-state index contributed by atoms with van der Waals surface area (Å²) in [5.41, 5.74) is 2.85. The second kappa shape index (κ2) is 22.8. The topological polar surface area (TPSA) is 12.5 Å². The maximum Gasteiger partial charge on any atom is 0.143 e. The maximum atomic E-state index is 7.18. The predicted octanol–water partition coefficient (Wildman–Crippen LogP) is 11.5. The largest absolute Gasteiger partial charge is 0.360 e. The van der Waals surface area contributed by atoms with Crippen molar-refractivity contribution in [1.29, 1.82) is 0 Å². The Labute approximate surface area is 280 Å². The third kappa shape index (κ3) is 13.7. The normalized spacial score (nSPS) is 12.9. The summed E-state index contributed by atoms with van der Waals surface area (Å²) in [4.78, 5) is 2.30. The summed E-state index contributed by atoms with van der Waals surface area (Å²) in [5.74, 6) is 1.19. The number of allylic oxidation sites excluding steroid dienone is 4. The van der Waals surface area contributed by atoms with E-state index in [1.807, 2.05) is 0 Å². The van der Waals surface area contributed by atoms with E-state index in [0.717, 1.165) is 13.0 Å². The Bertz CT molecular complexity index is 1080. The molecule has 3 heteroatoms. The first-order valence-electron chi connectivity index (χ1n) is 17.5. The van der Waals surface area contributed by atoms with Gasteiger partial charge in [0.25, 0.3) is 0 Å². The van der Waals surface area contributed by atoms with Gasteiger partial charge < -0.3 is 9.64 Å². The molecule has 0 fully saturated rings. The lowest BCUT2D eigenvalue weighted by molar-refractivity contribution is 0.0118. The van der Waals surface area contributed by atoms with Crippen LogP contribution in [0.15, 0.2) is 115 Å². The van der Waals surface area contributed by atoms with Gasteiger partial charge in [0.1, 0.15) is 5.60 Å². The van der Waals surface area contributed by atoms with Gasteiger partial charge in [-0.2, -0.15) is 11.8 Å². The molecule has 3 aromatic carbocycles. The molecule has 0 aromatic heterocycles. The molecule has 2 nitrogen and oxygen atoms in total. The van der Waals surface area contributed by atoms with Gasteiger partial charge in [-0.15, -0.1) is 0 Å². The second-order valence-corrected chi connectivity index (χ2v) is 13.8. The van der Waals surface area contributed by atoms with Gasteiger partial charge in [0.05, 0.1) is 6.61 Å². The number of unbranched alkanes of at least 4 members (excludes halogenated alkanes) is 9. The fraction of sp³-hybridized carbons (Fsp3) is 0.476. The number of benzene rings is 3. The van der Waals surface area contributed by atoms with Gasteiger partial charge in [0, 0.05) is 11.8 Å². The fourth-order valence-electron chi connectivity index (χ4n) is 5.89. The third-order valence-corrected chi connectivity index (χ3v) is 9.57. The van der Waals surface area contributed by atoms with E-state index < -0.39 is 5.60 Å². The van der Waals surface area contributed by atoms with Gasteiger partial charge in [-0.05, 0) is 75.1 Å². The van der Waals surface area contributed by atoms with E-state index in [2.05, 4.69) is 153 Å². The Morgan fingerprint density at radius 2 is 1.09 bits per heavy atom. The molecular formula is C42H59NOS. The lowest BCUT2D eigenvalue weighted by Gasteiger charge is -2.37. The lowest BCUT2D eigenvalue weighted by atomic mass is 9.80. The molecule has 0 radical (unpaired) electrons. The van der Waals surface area contributed by atoms with Crippen molar-refractivity contribution in [2.45, 2.75) is 94.8 Å². The zero-order valence-corrected chi connectivity index (χ0v) is 29.2. The van der Waals surface area contributed by atoms with Gasteiger partial charge in [-0.3, -0.25) is 0 Å². The van der Waals surface area contributed by atoms with Crippen LogP contribution in [0.1, 0.15) is 101 Å². The molecule has 1 unspecified atom stereocenters. The molecule has 0 spiro atoms. The molecule has 0 saturated carbocycles. The van der Waals surface area contributed by atoms with Crippen molar-refractivity contribution in [3.05, 3.63) is 132 Å². The zero-order chi connectivity index (χ0) is 31.8. The van der Waals surface area contributed by atoms with Crippen LogP contribution < -0.4 is 0 Å². The van der Waals surface area contributed by atoms with Crippen LogP contribution in [-0.4, -0.2) is 43.1 Å². The summed E-state index contributed by atoms with van der Waals surface area (Å²) in [5, 5.41) is 0.397. The first-order valence-corrected chi connectivity index (χ1v) is 18.6. The average molecular weight is 626 g/mol. The van der Waals surface area contributed by atoms with Crippen LogP contribution in [0.25, 0.3) is 0 Å². The average Bonchev–Trinajstić information content (AvgIpc) is 3.07. The van der Waals surface area contributed by atoms with Gasteiger partial charge in [-0.1, -0.05) is 161 Å². The van der Waals surface area contributed by atoms with E-state index in [1.165, 1.54) is 93.1 Å². The van der Waals surface area contributed by atoms with Crippen LogP contribution in [0.4, 0.5) is 0 Å². The van der Waals surface area contributed by atoms with Crippen molar-refractivity contribution in [1.82, 2.24) is 4.90 Å². The van der Waals surface area contributed by atoms with Crippen LogP contribution in [0, 0.1) is 0 Å². The Morgan fingerprint density at radius 1 is 0.622 bits per heavy atom. The SMILES string of the molecule is CCCCCC=CCC=CCCCCCCCCSC(COC(c1ccccc1)(c1ccccc1)c1ccccc1)CN(C)C. The lowest BCUT2D eigenvalue weighted by Crippen LogP contribution is -2.37. The summed E-state index contributed by atoms with van der Waals surface area (Å²) in [6.07, 6.45) is 24.9. The highest BCUT2D eigenvalue weighted by Crippen LogP contribution is 2.41. The molecule has 0 heterocycles. The fourth-order valence-corrected chi connectivity index (χ4v) is 7.16. The monoisotopic (exact) mass is 625 g/mol. The van der Waals surface area contributed by atoms with E-state index in [9.17, 15) is 0 Å². The standard InChI is InChI=1S/C42H59NOS/c1-4-5-6-7-8-9-10-11-12-13-14-15-16-17-18-28-35-45-41(36-43(2)3)37-44-42(38-29-22-19-23-30-38,39-31-24-20-25-32-39)40-33-26-21-27-34-40/h8-9,11-12,19-27,29-34,41H,4-7,10,13-18,28,35-37H2,1-3H3. The highest BCUT2D eigenvalue weighted by atomic mass is 32.2. The minimum absolute atomic E-state index is 0.397. The maximum absolute atomic E-state index is 7.18. The van der Waals surface area contributed by atoms with Crippen molar-refractivity contribution >= 4 is 11.8 Å². The number of thioether (sulfide) groups is 1. The summed E-state index contributed by atoms with van der Waals surface area (Å²) >= 11 is 2.08. The Hall–Kier alpha value is -2.59. The molecule has 244 valence electrons. The number of hydrogen-bond acceptors (Lipinski definition) is 3. The number of nitrogens with zero attached hydrogens (tertiary/aromatic N) is 1. The molecule has 0 N–H and O–H groups in total. The molecule has 3 rings (SSSR count). The molecule has 0 aliphatic rings. The zero-order valence-electron chi connectivity index (χ0n) is 28.4. The minimum Gasteiger partial charge on any atom is -0.360 e. The summed E-state index contributed by atoms with van der Waals surface area (Å²) in [6.45, 7) is 3.95. The van der Waals surface area contributed by atoms with Crippen molar-refractivity contribution in [3.8, 4) is 0 Å². The Kier molecular flexibility index (Phi) is 18.7. The molecule has 0 amide bonds. The van der Waals surface area contributed by atoms with Crippen LogP contribution >= 0.6 is 11.8 Å². The van der Waals surface area contributed by atoms with Crippen molar-refractivity contribution in [2.24, 2.45) is 0 Å². The quantitative estimate of drug-likeness (QED) is 0.0558. The summed E-state index contributed by atoms with van der Waals surface area (Å²) in [7, 11) is 4.35. The van der Waals surface area contributed by atoms with Crippen molar-refractivity contribution in [2.75, 3.05) is 33.0 Å². The highest BCUT2D eigenvalue weighted by Gasteiger charge is 2.38. The van der Waals surface area contributed by atoms with Crippen molar-refractivity contribution in [3.63, 3.8) is 0 Å². The number of ether oxygens (including phenoxy) is 1. The smallest absolute Gasteiger partial charge is 0.143 e. The van der Waals surface area contributed by atoms with Crippen LogP contribution in [0.5, 0.6) is 0 Å². The minimum atomic E-state index is -0.658. The highest BCUT2D eigenvalue weighted by molar-refractivity contribution is 7.99. The van der Waals surface area contributed by atoms with Crippen LogP contribution in [0.2, 0.25) is 0 Å². The van der Waals surface area contributed by atoms with Crippen molar-refractivity contribution < 1.29 is 4.74 Å². The van der Waals surface area contributed by atoms with Gasteiger partial charge in [0.15, 0.2) is 0 Å². The number of hydrogen-bond donors (Lipinski definition) is 0. The molecule has 0 aliphatic heterocycles. The third-order valence-electron chi connectivity index (χ3n) is 8.29.